The fourth-order valence-electron chi connectivity index (χ4n) is 2.71. The Kier molecular flexibility index (Phi) is 3.96. The third-order valence-electron chi connectivity index (χ3n) is 3.93. The molecule has 0 radical (unpaired) electrons. The lowest BCUT2D eigenvalue weighted by Crippen LogP contribution is -2.22. The summed E-state index contributed by atoms with van der Waals surface area (Å²) >= 11 is 0. The van der Waals surface area contributed by atoms with E-state index in [9.17, 15) is 0 Å². The molecule has 3 nitrogen and oxygen atoms in total. The molecular formula is C19H21N2O+. The average molecular weight is 293 g/mol. The second-order valence-corrected chi connectivity index (χ2v) is 5.29. The molecule has 2 N–H and O–H groups in total. The van der Waals surface area contributed by atoms with E-state index >= 15 is 0 Å². The standard InChI is InChI=1S/C19H21N2O/c1-3-21(4-2)17-13-15-7-5-6-8-18(15)22-19(17)14-9-11-16(20)12-10-14/h5-13H,3-4,20H2,1-2H3/q+1. The van der Waals surface area contributed by atoms with Gasteiger partial charge in [0.1, 0.15) is 5.69 Å². The van der Waals surface area contributed by atoms with Crippen LogP contribution in [0.25, 0.3) is 22.3 Å². The molecule has 0 aliphatic rings. The number of hydrogen-bond acceptors (Lipinski definition) is 2. The van der Waals surface area contributed by atoms with Crippen LogP contribution >= 0.6 is 0 Å². The van der Waals surface area contributed by atoms with Crippen LogP contribution in [0.3, 0.4) is 0 Å². The molecule has 0 bridgehead atoms. The predicted octanol–water partition coefficient (Wildman–Crippen LogP) is 4.81. The molecule has 112 valence electrons. The van der Waals surface area contributed by atoms with Gasteiger partial charge in [-0.2, -0.15) is 0 Å². The van der Waals surface area contributed by atoms with Gasteiger partial charge in [0, 0.05) is 24.8 Å². The van der Waals surface area contributed by atoms with Crippen molar-refractivity contribution in [2.24, 2.45) is 0 Å². The zero-order valence-corrected chi connectivity index (χ0v) is 13.0. The van der Waals surface area contributed by atoms with Gasteiger partial charge in [0.2, 0.25) is 0 Å². The molecule has 1 heterocycles. The molecule has 0 saturated heterocycles. The van der Waals surface area contributed by atoms with Crippen molar-refractivity contribution in [3.8, 4) is 11.3 Å². The lowest BCUT2D eigenvalue weighted by atomic mass is 10.1. The fraction of sp³-hybridized carbons (Fsp3) is 0.211. The number of fused-ring (bicyclic) bond motifs is 1. The molecule has 1 aromatic heterocycles. The molecule has 0 saturated carbocycles. The maximum atomic E-state index is 6.22. The SMILES string of the molecule is CCN(CC)c1cc2ccccc2[o+]c1-c1ccc(N)cc1. The smallest absolute Gasteiger partial charge is 0.383 e. The summed E-state index contributed by atoms with van der Waals surface area (Å²) < 4.78 is 6.22. The summed E-state index contributed by atoms with van der Waals surface area (Å²) in [5.41, 5.74) is 9.62. The first-order valence-electron chi connectivity index (χ1n) is 7.69. The zero-order valence-electron chi connectivity index (χ0n) is 13.0. The maximum absolute atomic E-state index is 6.22. The Hall–Kier alpha value is -2.55. The van der Waals surface area contributed by atoms with E-state index in [-0.39, 0.29) is 0 Å². The molecular weight excluding hydrogens is 272 g/mol. The summed E-state index contributed by atoms with van der Waals surface area (Å²) in [6.45, 7) is 6.19. The monoisotopic (exact) mass is 293 g/mol. The number of benzene rings is 2. The van der Waals surface area contributed by atoms with Gasteiger partial charge in [0.15, 0.2) is 0 Å². The van der Waals surface area contributed by atoms with Crippen molar-refractivity contribution in [1.29, 1.82) is 0 Å². The molecule has 0 aliphatic carbocycles. The quantitative estimate of drug-likeness (QED) is 0.554. The van der Waals surface area contributed by atoms with Crippen molar-refractivity contribution in [2.45, 2.75) is 13.8 Å². The molecule has 0 atom stereocenters. The van der Waals surface area contributed by atoms with Crippen molar-refractivity contribution in [1.82, 2.24) is 0 Å². The van der Waals surface area contributed by atoms with Crippen LogP contribution in [-0.2, 0) is 0 Å². The summed E-state index contributed by atoms with van der Waals surface area (Å²) in [5, 5.41) is 1.11. The Morgan fingerprint density at radius 1 is 0.955 bits per heavy atom. The highest BCUT2D eigenvalue weighted by Crippen LogP contribution is 2.35. The van der Waals surface area contributed by atoms with Crippen LogP contribution in [0.2, 0.25) is 0 Å². The van der Waals surface area contributed by atoms with Gasteiger partial charge in [-0.15, -0.1) is 0 Å². The van der Waals surface area contributed by atoms with Crippen LogP contribution in [0.1, 0.15) is 13.8 Å². The first-order valence-corrected chi connectivity index (χ1v) is 7.69. The van der Waals surface area contributed by atoms with E-state index in [1.807, 2.05) is 42.5 Å². The average Bonchev–Trinajstić information content (AvgIpc) is 2.56. The summed E-state index contributed by atoms with van der Waals surface area (Å²) in [4.78, 5) is 2.31. The molecule has 0 amide bonds. The second-order valence-electron chi connectivity index (χ2n) is 5.29. The van der Waals surface area contributed by atoms with Crippen molar-refractivity contribution in [3.63, 3.8) is 0 Å². The minimum atomic E-state index is 0.758. The number of nitrogens with two attached hydrogens (primary N) is 1. The van der Waals surface area contributed by atoms with Crippen molar-refractivity contribution in [3.05, 3.63) is 54.6 Å². The molecule has 3 aromatic rings. The summed E-state index contributed by atoms with van der Waals surface area (Å²) in [7, 11) is 0. The third kappa shape index (κ3) is 2.62. The van der Waals surface area contributed by atoms with Gasteiger partial charge in [-0.05, 0) is 50.2 Å². The van der Waals surface area contributed by atoms with Gasteiger partial charge < -0.3 is 10.6 Å². The van der Waals surface area contributed by atoms with Crippen molar-refractivity contribution < 1.29 is 4.42 Å². The molecule has 3 rings (SSSR count). The maximum Gasteiger partial charge on any atom is 0.383 e. The number of rotatable bonds is 4. The first kappa shape index (κ1) is 14.4. The number of para-hydroxylation sites is 1. The molecule has 0 spiro atoms. The van der Waals surface area contributed by atoms with E-state index in [0.29, 0.717) is 0 Å². The van der Waals surface area contributed by atoms with Gasteiger partial charge in [-0.1, -0.05) is 12.1 Å². The van der Waals surface area contributed by atoms with Crippen LogP contribution < -0.4 is 10.6 Å². The van der Waals surface area contributed by atoms with Crippen LogP contribution in [0.4, 0.5) is 11.4 Å². The van der Waals surface area contributed by atoms with Crippen LogP contribution in [0, 0.1) is 0 Å². The number of anilines is 2. The first-order chi connectivity index (χ1) is 10.7. The van der Waals surface area contributed by atoms with E-state index in [4.69, 9.17) is 10.2 Å². The lowest BCUT2D eigenvalue weighted by molar-refractivity contribution is 0.616. The molecule has 0 unspecified atom stereocenters. The van der Waals surface area contributed by atoms with Crippen LogP contribution in [-0.4, -0.2) is 13.1 Å². The number of hydrogen-bond donors (Lipinski definition) is 1. The van der Waals surface area contributed by atoms with Crippen LogP contribution in [0.15, 0.2) is 59.0 Å². The Morgan fingerprint density at radius 3 is 2.32 bits per heavy atom. The Bertz CT molecular complexity index is 777. The topological polar surface area (TPSA) is 40.6 Å². The molecule has 3 heteroatoms. The summed E-state index contributed by atoms with van der Waals surface area (Å²) in [6.07, 6.45) is 0. The fourth-order valence-corrected chi connectivity index (χ4v) is 2.71. The molecule has 22 heavy (non-hydrogen) atoms. The Balaban J connectivity index is 2.24. The summed E-state index contributed by atoms with van der Waals surface area (Å²) in [6, 6.07) is 18.2. The van der Waals surface area contributed by atoms with Gasteiger partial charge in [0.25, 0.3) is 0 Å². The molecule has 0 fully saturated rings. The van der Waals surface area contributed by atoms with Gasteiger partial charge in [0.05, 0.1) is 10.9 Å². The normalized spacial score (nSPS) is 10.8. The lowest BCUT2D eigenvalue weighted by Gasteiger charge is -2.19. The highest BCUT2D eigenvalue weighted by atomic mass is 16.3. The third-order valence-corrected chi connectivity index (χ3v) is 3.93. The Morgan fingerprint density at radius 2 is 1.64 bits per heavy atom. The van der Waals surface area contributed by atoms with Gasteiger partial charge in [-0.25, -0.2) is 4.42 Å². The van der Waals surface area contributed by atoms with E-state index in [0.717, 1.165) is 46.8 Å². The number of nitrogen functional groups attached to an aromatic ring is 1. The van der Waals surface area contributed by atoms with E-state index in [1.165, 1.54) is 0 Å². The second kappa shape index (κ2) is 6.06. The predicted molar refractivity (Wildman–Crippen MR) is 94.0 cm³/mol. The number of nitrogens with zero attached hydrogens (tertiary/aromatic N) is 1. The van der Waals surface area contributed by atoms with E-state index in [1.54, 1.807) is 0 Å². The van der Waals surface area contributed by atoms with Crippen LogP contribution in [0.5, 0.6) is 0 Å². The minimum Gasteiger partial charge on any atom is -0.399 e. The molecule has 0 aliphatic heterocycles. The van der Waals surface area contributed by atoms with E-state index < -0.39 is 0 Å². The van der Waals surface area contributed by atoms with Gasteiger partial charge in [-0.3, -0.25) is 0 Å². The highest BCUT2D eigenvalue weighted by Gasteiger charge is 2.24. The Labute approximate surface area is 131 Å². The summed E-state index contributed by atoms with van der Waals surface area (Å²) in [5.74, 6) is 0.891. The van der Waals surface area contributed by atoms with Crippen molar-refractivity contribution >= 4 is 22.3 Å². The van der Waals surface area contributed by atoms with Crippen molar-refractivity contribution in [2.75, 3.05) is 23.7 Å². The highest BCUT2D eigenvalue weighted by molar-refractivity contribution is 5.86. The largest absolute Gasteiger partial charge is 0.399 e. The van der Waals surface area contributed by atoms with Gasteiger partial charge >= 0.3 is 11.3 Å². The molecule has 2 aromatic carbocycles. The minimum absolute atomic E-state index is 0.758. The van der Waals surface area contributed by atoms with E-state index in [2.05, 4.69) is 30.9 Å². The zero-order chi connectivity index (χ0) is 15.5.